The van der Waals surface area contributed by atoms with E-state index in [1.165, 1.54) is 27.4 Å². The summed E-state index contributed by atoms with van der Waals surface area (Å²) in [5, 5.41) is 2.80. The zero-order valence-corrected chi connectivity index (χ0v) is 20.6. The fourth-order valence-corrected chi connectivity index (χ4v) is 4.70. The SMILES string of the molecule is COc1cc(OC)c(OC)cc1CNC(=O)c1ccc(C)c(S(=O)(=O)Nc2ccc(C)cc2)c1. The number of carbonyl (C=O) groups is 1. The van der Waals surface area contributed by atoms with Crippen LogP contribution < -0.4 is 24.2 Å². The van der Waals surface area contributed by atoms with Crippen molar-refractivity contribution in [2.75, 3.05) is 26.1 Å². The summed E-state index contributed by atoms with van der Waals surface area (Å²) in [6.45, 7) is 3.74. The number of aryl methyl sites for hydroxylation is 2. The number of anilines is 1. The number of ether oxygens (including phenoxy) is 3. The molecule has 0 saturated heterocycles. The third-order valence-electron chi connectivity index (χ3n) is 5.27. The van der Waals surface area contributed by atoms with Crippen LogP contribution in [0.3, 0.4) is 0 Å². The van der Waals surface area contributed by atoms with Gasteiger partial charge in [0.1, 0.15) is 5.75 Å². The van der Waals surface area contributed by atoms with E-state index in [1.54, 1.807) is 43.3 Å². The average molecular weight is 485 g/mol. The molecular weight excluding hydrogens is 456 g/mol. The molecule has 1 amide bonds. The number of sulfonamides is 1. The smallest absolute Gasteiger partial charge is 0.262 e. The van der Waals surface area contributed by atoms with Gasteiger partial charge in [-0.2, -0.15) is 0 Å². The van der Waals surface area contributed by atoms with Crippen molar-refractivity contribution < 1.29 is 27.4 Å². The highest BCUT2D eigenvalue weighted by Gasteiger charge is 2.20. The third kappa shape index (κ3) is 5.60. The van der Waals surface area contributed by atoms with Crippen LogP contribution in [0, 0.1) is 13.8 Å². The van der Waals surface area contributed by atoms with Gasteiger partial charge in [0.2, 0.25) is 0 Å². The number of hydrogen-bond acceptors (Lipinski definition) is 6. The van der Waals surface area contributed by atoms with Gasteiger partial charge in [0.15, 0.2) is 11.5 Å². The van der Waals surface area contributed by atoms with Crippen LogP contribution >= 0.6 is 0 Å². The minimum absolute atomic E-state index is 0.0319. The highest BCUT2D eigenvalue weighted by atomic mass is 32.2. The molecule has 8 nitrogen and oxygen atoms in total. The van der Waals surface area contributed by atoms with Crippen LogP contribution in [0.25, 0.3) is 0 Å². The Morgan fingerprint density at radius 3 is 2.06 bits per heavy atom. The highest BCUT2D eigenvalue weighted by molar-refractivity contribution is 7.92. The van der Waals surface area contributed by atoms with Crippen LogP contribution in [-0.4, -0.2) is 35.7 Å². The van der Waals surface area contributed by atoms with Gasteiger partial charge in [0.05, 0.1) is 26.2 Å². The summed E-state index contributed by atoms with van der Waals surface area (Å²) in [6, 6.07) is 15.0. The molecule has 180 valence electrons. The average Bonchev–Trinajstić information content (AvgIpc) is 2.83. The molecule has 0 spiro atoms. The lowest BCUT2D eigenvalue weighted by atomic mass is 10.1. The molecule has 0 bridgehead atoms. The van der Waals surface area contributed by atoms with Gasteiger partial charge in [0, 0.05) is 29.4 Å². The quantitative estimate of drug-likeness (QED) is 0.475. The molecule has 0 atom stereocenters. The van der Waals surface area contributed by atoms with Crippen LogP contribution in [0.15, 0.2) is 59.5 Å². The second-order valence-electron chi connectivity index (χ2n) is 7.65. The van der Waals surface area contributed by atoms with Crippen LogP contribution in [0.1, 0.15) is 27.0 Å². The zero-order chi connectivity index (χ0) is 24.9. The number of carbonyl (C=O) groups excluding carboxylic acids is 1. The molecule has 0 saturated carbocycles. The van der Waals surface area contributed by atoms with Crippen molar-refractivity contribution in [3.05, 3.63) is 76.9 Å². The Labute approximate surface area is 199 Å². The highest BCUT2D eigenvalue weighted by Crippen LogP contribution is 2.34. The Balaban J connectivity index is 1.82. The van der Waals surface area contributed by atoms with Gasteiger partial charge >= 0.3 is 0 Å². The number of amides is 1. The summed E-state index contributed by atoms with van der Waals surface area (Å²) >= 11 is 0. The van der Waals surface area contributed by atoms with Crippen molar-refractivity contribution in [2.24, 2.45) is 0 Å². The van der Waals surface area contributed by atoms with Gasteiger partial charge in [-0.05, 0) is 49.7 Å². The van der Waals surface area contributed by atoms with E-state index in [-0.39, 0.29) is 17.0 Å². The molecule has 3 aromatic rings. The number of benzene rings is 3. The van der Waals surface area contributed by atoms with Gasteiger partial charge in [-0.3, -0.25) is 9.52 Å². The molecule has 3 rings (SSSR count). The Morgan fingerprint density at radius 2 is 1.44 bits per heavy atom. The number of hydrogen-bond donors (Lipinski definition) is 2. The fraction of sp³-hybridized carbons (Fsp3) is 0.240. The summed E-state index contributed by atoms with van der Waals surface area (Å²) < 4.78 is 44.5. The maximum atomic E-state index is 13.0. The molecule has 34 heavy (non-hydrogen) atoms. The lowest BCUT2D eigenvalue weighted by molar-refractivity contribution is 0.0950. The van der Waals surface area contributed by atoms with Gasteiger partial charge in [-0.15, -0.1) is 0 Å². The summed E-state index contributed by atoms with van der Waals surface area (Å²) in [5.41, 5.74) is 2.88. The molecule has 0 aliphatic heterocycles. The lowest BCUT2D eigenvalue weighted by Crippen LogP contribution is -2.24. The monoisotopic (exact) mass is 484 g/mol. The summed E-state index contributed by atoms with van der Waals surface area (Å²) in [4.78, 5) is 12.9. The summed E-state index contributed by atoms with van der Waals surface area (Å²) in [5.74, 6) is 1.10. The zero-order valence-electron chi connectivity index (χ0n) is 19.8. The lowest BCUT2D eigenvalue weighted by Gasteiger charge is -2.15. The molecule has 0 aliphatic rings. The number of methoxy groups -OCH3 is 3. The van der Waals surface area contributed by atoms with Crippen LogP contribution in [0.5, 0.6) is 17.2 Å². The topological polar surface area (TPSA) is 103 Å². The van der Waals surface area contributed by atoms with Crippen LogP contribution in [-0.2, 0) is 16.6 Å². The molecule has 0 fully saturated rings. The molecule has 0 aromatic heterocycles. The van der Waals surface area contributed by atoms with Gasteiger partial charge in [-0.1, -0.05) is 23.8 Å². The molecule has 2 N–H and O–H groups in total. The van der Waals surface area contributed by atoms with Crippen molar-refractivity contribution in [3.8, 4) is 17.2 Å². The van der Waals surface area contributed by atoms with E-state index in [0.29, 0.717) is 34.1 Å². The summed E-state index contributed by atoms with van der Waals surface area (Å²) in [6.07, 6.45) is 0. The first-order valence-electron chi connectivity index (χ1n) is 10.5. The standard InChI is InChI=1S/C25H28N2O6S/c1-16-6-10-20(11-7-16)27-34(29,30)24-13-18(9-8-17(24)2)25(28)26-15-19-12-22(32-4)23(33-5)14-21(19)31-3/h6-14,27H,15H2,1-5H3,(H,26,28). The first-order chi connectivity index (χ1) is 16.2. The van der Waals surface area contributed by atoms with E-state index in [1.807, 2.05) is 19.1 Å². The van der Waals surface area contributed by atoms with Crippen LogP contribution in [0.4, 0.5) is 5.69 Å². The molecular formula is C25H28N2O6S. The Morgan fingerprint density at radius 1 is 0.824 bits per heavy atom. The molecule has 0 heterocycles. The fourth-order valence-electron chi connectivity index (χ4n) is 3.37. The van der Waals surface area contributed by atoms with Crippen molar-refractivity contribution in [1.29, 1.82) is 0 Å². The Bertz CT molecular complexity index is 1290. The predicted octanol–water partition coefficient (Wildman–Crippen LogP) is 4.06. The van der Waals surface area contributed by atoms with E-state index in [2.05, 4.69) is 10.0 Å². The predicted molar refractivity (Wildman–Crippen MR) is 130 cm³/mol. The maximum absolute atomic E-state index is 13.0. The second kappa shape index (κ2) is 10.5. The van der Waals surface area contributed by atoms with Gasteiger partial charge in [0.25, 0.3) is 15.9 Å². The van der Waals surface area contributed by atoms with E-state index >= 15 is 0 Å². The first-order valence-corrected chi connectivity index (χ1v) is 11.9. The third-order valence-corrected chi connectivity index (χ3v) is 6.79. The van der Waals surface area contributed by atoms with Crippen molar-refractivity contribution in [3.63, 3.8) is 0 Å². The molecule has 0 aliphatic carbocycles. The van der Waals surface area contributed by atoms with E-state index in [9.17, 15) is 13.2 Å². The Hall–Kier alpha value is -3.72. The maximum Gasteiger partial charge on any atom is 0.262 e. The minimum Gasteiger partial charge on any atom is -0.496 e. The van der Waals surface area contributed by atoms with Gasteiger partial charge in [-0.25, -0.2) is 8.42 Å². The normalized spacial score (nSPS) is 11.0. The van der Waals surface area contributed by atoms with E-state index in [4.69, 9.17) is 14.2 Å². The van der Waals surface area contributed by atoms with Crippen molar-refractivity contribution >= 4 is 21.6 Å². The molecule has 0 unspecified atom stereocenters. The summed E-state index contributed by atoms with van der Waals surface area (Å²) in [7, 11) is 0.674. The number of rotatable bonds is 9. The first kappa shape index (κ1) is 24.9. The second-order valence-corrected chi connectivity index (χ2v) is 9.30. The molecule has 9 heteroatoms. The molecule has 0 radical (unpaired) electrons. The van der Waals surface area contributed by atoms with E-state index < -0.39 is 15.9 Å². The molecule has 3 aromatic carbocycles. The Kier molecular flexibility index (Phi) is 7.68. The largest absolute Gasteiger partial charge is 0.496 e. The van der Waals surface area contributed by atoms with E-state index in [0.717, 1.165) is 5.56 Å². The van der Waals surface area contributed by atoms with Gasteiger partial charge < -0.3 is 19.5 Å². The number of nitrogens with one attached hydrogen (secondary N) is 2. The van der Waals surface area contributed by atoms with Crippen LogP contribution in [0.2, 0.25) is 0 Å². The minimum atomic E-state index is -3.89. The van der Waals surface area contributed by atoms with Crippen molar-refractivity contribution in [1.82, 2.24) is 5.32 Å². The van der Waals surface area contributed by atoms with Crippen molar-refractivity contribution in [2.45, 2.75) is 25.3 Å².